The van der Waals surface area contributed by atoms with Crippen molar-refractivity contribution in [1.29, 1.82) is 0 Å². The predicted molar refractivity (Wildman–Crippen MR) is 100 cm³/mol. The van der Waals surface area contributed by atoms with Gasteiger partial charge < -0.3 is 14.8 Å². The number of nitrogens with one attached hydrogen (secondary N) is 1. The van der Waals surface area contributed by atoms with Gasteiger partial charge in [0.1, 0.15) is 0 Å². The molecule has 0 aliphatic heterocycles. The smallest absolute Gasteiger partial charge is 0.233 e. The molecule has 1 aromatic carbocycles. The number of benzene rings is 1. The molecule has 1 N–H and O–H groups in total. The van der Waals surface area contributed by atoms with Crippen LogP contribution in [0.15, 0.2) is 23.1 Å². The van der Waals surface area contributed by atoms with Gasteiger partial charge in [-0.05, 0) is 25.1 Å². The average molecular weight is 358 g/mol. The molecule has 1 atom stereocenters. The molecule has 0 aromatic heterocycles. The van der Waals surface area contributed by atoms with Crippen LogP contribution in [0.3, 0.4) is 0 Å². The van der Waals surface area contributed by atoms with E-state index < -0.39 is 0 Å². The summed E-state index contributed by atoms with van der Waals surface area (Å²) in [6.45, 7) is 9.13. The molecule has 0 unspecified atom stereocenters. The van der Waals surface area contributed by atoms with E-state index in [0.29, 0.717) is 18.0 Å². The number of carbonyl (C=O) groups excluding carboxylic acids is 1. The number of carbonyl (C=O) groups is 1. The Kier molecular flexibility index (Phi) is 8.12. The van der Waals surface area contributed by atoms with Crippen LogP contribution < -0.4 is 14.8 Å². The lowest BCUT2D eigenvalue weighted by molar-refractivity contribution is -0.120. The van der Waals surface area contributed by atoms with Gasteiger partial charge in [0.25, 0.3) is 0 Å². The van der Waals surface area contributed by atoms with Gasteiger partial charge in [-0.25, -0.2) is 0 Å². The molecule has 4 nitrogen and oxygen atoms in total. The molecule has 0 saturated carbocycles. The maximum Gasteiger partial charge on any atom is 0.233 e. The van der Waals surface area contributed by atoms with Gasteiger partial charge in [0.05, 0.1) is 19.5 Å². The van der Waals surface area contributed by atoms with Gasteiger partial charge in [-0.1, -0.05) is 20.8 Å². The van der Waals surface area contributed by atoms with Crippen molar-refractivity contribution >= 4 is 29.4 Å². The molecular formula is C17H27NO3S2. The van der Waals surface area contributed by atoms with Crippen LogP contribution in [0.4, 0.5) is 0 Å². The molecular weight excluding hydrogens is 330 g/mol. The fourth-order valence-electron chi connectivity index (χ4n) is 1.82. The van der Waals surface area contributed by atoms with E-state index in [1.807, 2.05) is 36.9 Å². The highest BCUT2D eigenvalue weighted by molar-refractivity contribution is 8.00. The standard InChI is InChI=1S/C17H27NO3S2/c1-12(16(19)18-9-10-22-17(2,3)4)23-13-7-8-14(20-5)15(11-13)21-6/h7-8,11-12H,9-10H2,1-6H3,(H,18,19)/t12-/m0/s1. The third-order valence-corrected chi connectivity index (χ3v) is 5.34. The third kappa shape index (κ3) is 7.40. The molecule has 0 aliphatic carbocycles. The lowest BCUT2D eigenvalue weighted by Crippen LogP contribution is -2.33. The van der Waals surface area contributed by atoms with Crippen molar-refractivity contribution in [2.45, 2.75) is 42.6 Å². The van der Waals surface area contributed by atoms with Crippen LogP contribution >= 0.6 is 23.5 Å². The van der Waals surface area contributed by atoms with Gasteiger partial charge in [0.2, 0.25) is 5.91 Å². The van der Waals surface area contributed by atoms with Crippen LogP contribution in [0.5, 0.6) is 11.5 Å². The second kappa shape index (κ2) is 9.33. The summed E-state index contributed by atoms with van der Waals surface area (Å²) in [6, 6.07) is 5.68. The van der Waals surface area contributed by atoms with E-state index in [2.05, 4.69) is 26.1 Å². The summed E-state index contributed by atoms with van der Waals surface area (Å²) in [5.41, 5.74) is 0. The lowest BCUT2D eigenvalue weighted by atomic mass is 10.3. The Bertz CT molecular complexity index is 515. The first-order chi connectivity index (χ1) is 10.8. The second-order valence-electron chi connectivity index (χ2n) is 6.03. The largest absolute Gasteiger partial charge is 0.493 e. The SMILES string of the molecule is COc1ccc(S[C@@H](C)C(=O)NCCSC(C)(C)C)cc1OC. The van der Waals surface area contributed by atoms with E-state index in [1.165, 1.54) is 11.8 Å². The maximum atomic E-state index is 12.2. The summed E-state index contributed by atoms with van der Waals surface area (Å²) in [6.07, 6.45) is 0. The molecule has 0 saturated heterocycles. The zero-order chi connectivity index (χ0) is 17.5. The number of methoxy groups -OCH3 is 2. The zero-order valence-electron chi connectivity index (χ0n) is 14.8. The molecule has 0 fully saturated rings. The molecule has 0 bridgehead atoms. The Morgan fingerprint density at radius 1 is 1.22 bits per heavy atom. The number of hydrogen-bond donors (Lipinski definition) is 1. The highest BCUT2D eigenvalue weighted by Crippen LogP contribution is 2.33. The van der Waals surface area contributed by atoms with Crippen LogP contribution in [0.2, 0.25) is 0 Å². The molecule has 1 amide bonds. The summed E-state index contributed by atoms with van der Waals surface area (Å²) in [5, 5.41) is 2.83. The van der Waals surface area contributed by atoms with Crippen LogP contribution in [0, 0.1) is 0 Å². The highest BCUT2D eigenvalue weighted by Gasteiger charge is 2.16. The summed E-state index contributed by atoms with van der Waals surface area (Å²) < 4.78 is 10.7. The fraction of sp³-hybridized carbons (Fsp3) is 0.588. The van der Waals surface area contributed by atoms with Gasteiger partial charge in [-0.2, -0.15) is 11.8 Å². The van der Waals surface area contributed by atoms with Crippen molar-refractivity contribution in [2.75, 3.05) is 26.5 Å². The average Bonchev–Trinajstić information content (AvgIpc) is 2.50. The Balaban J connectivity index is 2.49. The van der Waals surface area contributed by atoms with Crippen LogP contribution in [0.25, 0.3) is 0 Å². The maximum absolute atomic E-state index is 12.2. The predicted octanol–water partition coefficient (Wildman–Crippen LogP) is 3.83. The van der Waals surface area contributed by atoms with Crippen molar-refractivity contribution in [3.8, 4) is 11.5 Å². The molecule has 23 heavy (non-hydrogen) atoms. The third-order valence-electron chi connectivity index (χ3n) is 2.97. The van der Waals surface area contributed by atoms with Crippen molar-refractivity contribution in [2.24, 2.45) is 0 Å². The Hall–Kier alpha value is -1.01. The monoisotopic (exact) mass is 357 g/mol. The van der Waals surface area contributed by atoms with E-state index in [0.717, 1.165) is 10.6 Å². The number of amides is 1. The number of rotatable bonds is 8. The Morgan fingerprint density at radius 2 is 1.87 bits per heavy atom. The fourth-order valence-corrected chi connectivity index (χ4v) is 3.56. The molecule has 0 radical (unpaired) electrons. The van der Waals surface area contributed by atoms with Crippen molar-refractivity contribution in [3.05, 3.63) is 18.2 Å². The molecule has 130 valence electrons. The normalized spacial score (nSPS) is 12.6. The number of hydrogen-bond acceptors (Lipinski definition) is 5. The highest BCUT2D eigenvalue weighted by atomic mass is 32.2. The summed E-state index contributed by atoms with van der Waals surface area (Å²) in [7, 11) is 3.21. The lowest BCUT2D eigenvalue weighted by Gasteiger charge is -2.18. The molecule has 6 heteroatoms. The van der Waals surface area contributed by atoms with Crippen molar-refractivity contribution in [1.82, 2.24) is 5.32 Å². The zero-order valence-corrected chi connectivity index (χ0v) is 16.4. The van der Waals surface area contributed by atoms with Gasteiger partial charge in [0, 0.05) is 21.9 Å². The summed E-state index contributed by atoms with van der Waals surface area (Å²) in [4.78, 5) is 13.1. The molecule has 0 spiro atoms. The second-order valence-corrected chi connectivity index (χ2v) is 9.36. The van der Waals surface area contributed by atoms with Crippen molar-refractivity contribution < 1.29 is 14.3 Å². The minimum Gasteiger partial charge on any atom is -0.493 e. The quantitative estimate of drug-likeness (QED) is 0.566. The Morgan fingerprint density at radius 3 is 2.43 bits per heavy atom. The van der Waals surface area contributed by atoms with E-state index in [-0.39, 0.29) is 15.9 Å². The summed E-state index contributed by atoms with van der Waals surface area (Å²) >= 11 is 3.36. The van der Waals surface area contributed by atoms with Crippen LogP contribution in [-0.4, -0.2) is 42.4 Å². The van der Waals surface area contributed by atoms with Gasteiger partial charge in [-0.15, -0.1) is 11.8 Å². The number of thioether (sulfide) groups is 2. The van der Waals surface area contributed by atoms with E-state index in [4.69, 9.17) is 9.47 Å². The first-order valence-electron chi connectivity index (χ1n) is 7.57. The van der Waals surface area contributed by atoms with Gasteiger partial charge in [-0.3, -0.25) is 4.79 Å². The minimum absolute atomic E-state index is 0.0549. The van der Waals surface area contributed by atoms with E-state index in [1.54, 1.807) is 14.2 Å². The molecule has 0 heterocycles. The van der Waals surface area contributed by atoms with Crippen LogP contribution in [-0.2, 0) is 4.79 Å². The minimum atomic E-state index is -0.160. The van der Waals surface area contributed by atoms with Crippen molar-refractivity contribution in [3.63, 3.8) is 0 Å². The summed E-state index contributed by atoms with van der Waals surface area (Å²) in [5.74, 6) is 2.34. The Labute approximate surface area is 148 Å². The van der Waals surface area contributed by atoms with Crippen LogP contribution in [0.1, 0.15) is 27.7 Å². The van der Waals surface area contributed by atoms with E-state index in [9.17, 15) is 4.79 Å². The molecule has 0 aliphatic rings. The first kappa shape index (κ1) is 20.0. The van der Waals surface area contributed by atoms with E-state index >= 15 is 0 Å². The molecule has 1 rings (SSSR count). The van der Waals surface area contributed by atoms with Gasteiger partial charge >= 0.3 is 0 Å². The molecule has 1 aromatic rings. The first-order valence-corrected chi connectivity index (χ1v) is 9.43. The number of ether oxygens (including phenoxy) is 2. The van der Waals surface area contributed by atoms with Gasteiger partial charge in [0.15, 0.2) is 11.5 Å². The topological polar surface area (TPSA) is 47.6 Å².